The molecule has 2 aromatic rings. The molecular weight excluding hydrogens is 251 g/mol. The average Bonchev–Trinajstić information content (AvgIpc) is 2.25. The van der Waals surface area contributed by atoms with Gasteiger partial charge >= 0.3 is 0 Å². The highest BCUT2D eigenvalue weighted by molar-refractivity contribution is 6.32. The second kappa shape index (κ2) is 4.51. The normalized spacial score (nSPS) is 10.1. The van der Waals surface area contributed by atoms with Gasteiger partial charge in [-0.1, -0.05) is 23.2 Å². The summed E-state index contributed by atoms with van der Waals surface area (Å²) in [4.78, 5) is 11.4. The van der Waals surface area contributed by atoms with Crippen LogP contribution in [0.25, 0.3) is 0 Å². The standard InChI is InChI=1S/C9H6Cl2N4O/c10-5-1-6(3-13-2-5)16-9-7(12)8(11)14-4-15-9/h1-4H,12H2. The molecule has 0 aliphatic heterocycles. The third kappa shape index (κ3) is 2.32. The molecule has 0 saturated heterocycles. The number of hydrogen-bond acceptors (Lipinski definition) is 5. The maximum atomic E-state index is 5.75. The molecule has 0 aliphatic carbocycles. The first-order valence-electron chi connectivity index (χ1n) is 4.21. The summed E-state index contributed by atoms with van der Waals surface area (Å²) in [6.45, 7) is 0. The maximum Gasteiger partial charge on any atom is 0.247 e. The summed E-state index contributed by atoms with van der Waals surface area (Å²) >= 11 is 11.5. The lowest BCUT2D eigenvalue weighted by Gasteiger charge is -2.06. The minimum absolute atomic E-state index is 0.139. The van der Waals surface area contributed by atoms with Crippen LogP contribution in [-0.4, -0.2) is 15.0 Å². The molecule has 0 radical (unpaired) electrons. The summed E-state index contributed by atoms with van der Waals surface area (Å²) in [7, 11) is 0. The lowest BCUT2D eigenvalue weighted by molar-refractivity contribution is 0.462. The summed E-state index contributed by atoms with van der Waals surface area (Å²) in [6.07, 6.45) is 4.23. The molecule has 82 valence electrons. The van der Waals surface area contributed by atoms with Gasteiger partial charge in [-0.15, -0.1) is 0 Å². The van der Waals surface area contributed by atoms with Crippen LogP contribution in [-0.2, 0) is 0 Å². The molecule has 0 fully saturated rings. The number of anilines is 1. The third-order valence-corrected chi connectivity index (χ3v) is 2.20. The molecule has 0 bridgehead atoms. The molecule has 7 heteroatoms. The van der Waals surface area contributed by atoms with Crippen LogP contribution in [0.5, 0.6) is 11.6 Å². The molecule has 2 N–H and O–H groups in total. The van der Waals surface area contributed by atoms with E-state index < -0.39 is 0 Å². The lowest BCUT2D eigenvalue weighted by atomic mass is 10.4. The van der Waals surface area contributed by atoms with E-state index in [1.807, 2.05) is 0 Å². The zero-order valence-electron chi connectivity index (χ0n) is 7.89. The van der Waals surface area contributed by atoms with Crippen LogP contribution >= 0.6 is 23.2 Å². The average molecular weight is 257 g/mol. The molecule has 0 aliphatic rings. The highest BCUT2D eigenvalue weighted by Gasteiger charge is 2.08. The fourth-order valence-corrected chi connectivity index (χ4v) is 1.29. The number of ether oxygens (including phenoxy) is 1. The van der Waals surface area contributed by atoms with E-state index in [0.717, 1.165) is 0 Å². The molecule has 2 rings (SSSR count). The predicted molar refractivity (Wildman–Crippen MR) is 60.8 cm³/mol. The van der Waals surface area contributed by atoms with Gasteiger partial charge in [0, 0.05) is 12.3 Å². The Labute approximate surface area is 101 Å². The van der Waals surface area contributed by atoms with Crippen molar-refractivity contribution in [2.24, 2.45) is 0 Å². The third-order valence-electron chi connectivity index (χ3n) is 1.69. The van der Waals surface area contributed by atoms with Gasteiger partial charge in [0.2, 0.25) is 5.88 Å². The van der Waals surface area contributed by atoms with Crippen molar-refractivity contribution in [3.63, 3.8) is 0 Å². The Morgan fingerprint density at radius 1 is 1.19 bits per heavy atom. The Kier molecular flexibility index (Phi) is 3.07. The number of rotatable bonds is 2. The van der Waals surface area contributed by atoms with Crippen LogP contribution in [0.1, 0.15) is 0 Å². The fraction of sp³-hybridized carbons (Fsp3) is 0. The van der Waals surface area contributed by atoms with Gasteiger partial charge < -0.3 is 10.5 Å². The Hall–Kier alpha value is -1.59. The zero-order chi connectivity index (χ0) is 11.5. The highest BCUT2D eigenvalue weighted by atomic mass is 35.5. The van der Waals surface area contributed by atoms with E-state index in [9.17, 15) is 0 Å². The number of nitrogens with zero attached hydrogens (tertiary/aromatic N) is 3. The topological polar surface area (TPSA) is 73.9 Å². The van der Waals surface area contributed by atoms with Crippen LogP contribution in [0.3, 0.4) is 0 Å². The van der Waals surface area contributed by atoms with Gasteiger partial charge in [0.25, 0.3) is 0 Å². The smallest absolute Gasteiger partial charge is 0.247 e. The molecule has 0 aromatic carbocycles. The summed E-state index contributed by atoms with van der Waals surface area (Å²) in [5, 5.41) is 0.594. The Balaban J connectivity index is 2.31. The van der Waals surface area contributed by atoms with E-state index in [1.165, 1.54) is 18.7 Å². The molecule has 0 unspecified atom stereocenters. The summed E-state index contributed by atoms with van der Waals surface area (Å²) in [5.41, 5.74) is 5.80. The number of aromatic nitrogens is 3. The first kappa shape index (κ1) is 10.9. The summed E-state index contributed by atoms with van der Waals surface area (Å²) < 4.78 is 5.36. The molecule has 0 spiro atoms. The maximum absolute atomic E-state index is 5.75. The monoisotopic (exact) mass is 256 g/mol. The van der Waals surface area contributed by atoms with Crippen molar-refractivity contribution in [2.75, 3.05) is 5.73 Å². The van der Waals surface area contributed by atoms with Crippen molar-refractivity contribution >= 4 is 28.9 Å². The number of hydrogen-bond donors (Lipinski definition) is 1. The van der Waals surface area contributed by atoms with Crippen LogP contribution < -0.4 is 10.5 Å². The van der Waals surface area contributed by atoms with Gasteiger partial charge in [0.1, 0.15) is 17.8 Å². The second-order valence-corrected chi connectivity index (χ2v) is 3.62. The SMILES string of the molecule is Nc1c(Cl)ncnc1Oc1cncc(Cl)c1. The minimum Gasteiger partial charge on any atom is -0.435 e. The first-order valence-corrected chi connectivity index (χ1v) is 4.97. The fourth-order valence-electron chi connectivity index (χ4n) is 1.00. The van der Waals surface area contributed by atoms with Gasteiger partial charge in [-0.3, -0.25) is 4.98 Å². The van der Waals surface area contributed by atoms with Gasteiger partial charge in [-0.2, -0.15) is 4.98 Å². The van der Waals surface area contributed by atoms with Crippen molar-refractivity contribution in [1.82, 2.24) is 15.0 Å². The second-order valence-electron chi connectivity index (χ2n) is 2.82. The van der Waals surface area contributed by atoms with E-state index in [1.54, 1.807) is 6.07 Å². The Bertz CT molecular complexity index is 521. The lowest BCUT2D eigenvalue weighted by Crippen LogP contribution is -1.97. The van der Waals surface area contributed by atoms with Crippen LogP contribution in [0.2, 0.25) is 10.2 Å². The molecular formula is C9H6Cl2N4O. The van der Waals surface area contributed by atoms with E-state index in [4.69, 9.17) is 33.7 Å². The van der Waals surface area contributed by atoms with Crippen LogP contribution in [0, 0.1) is 0 Å². The number of nitrogen functional groups attached to an aromatic ring is 1. The molecule has 2 aromatic heterocycles. The number of nitrogens with two attached hydrogens (primary N) is 1. The molecule has 16 heavy (non-hydrogen) atoms. The van der Waals surface area contributed by atoms with Crippen molar-refractivity contribution in [3.05, 3.63) is 35.0 Å². The first-order chi connectivity index (χ1) is 7.66. The van der Waals surface area contributed by atoms with E-state index in [0.29, 0.717) is 10.8 Å². The zero-order valence-corrected chi connectivity index (χ0v) is 9.40. The molecule has 0 amide bonds. The van der Waals surface area contributed by atoms with Gasteiger partial charge in [-0.25, -0.2) is 4.98 Å². The molecule has 5 nitrogen and oxygen atoms in total. The predicted octanol–water partition coefficient (Wildman–Crippen LogP) is 2.55. The minimum atomic E-state index is 0.139. The molecule has 0 saturated carbocycles. The molecule has 0 atom stereocenters. The highest BCUT2D eigenvalue weighted by Crippen LogP contribution is 2.29. The van der Waals surface area contributed by atoms with Crippen LogP contribution in [0.4, 0.5) is 5.69 Å². The van der Waals surface area contributed by atoms with Gasteiger partial charge in [0.15, 0.2) is 5.15 Å². The van der Waals surface area contributed by atoms with Crippen LogP contribution in [0.15, 0.2) is 24.8 Å². The Morgan fingerprint density at radius 3 is 2.75 bits per heavy atom. The van der Waals surface area contributed by atoms with Gasteiger partial charge in [0.05, 0.1) is 11.2 Å². The summed E-state index contributed by atoms with van der Waals surface area (Å²) in [6, 6.07) is 1.59. The largest absolute Gasteiger partial charge is 0.435 e. The van der Waals surface area contributed by atoms with Crippen molar-refractivity contribution < 1.29 is 4.74 Å². The molecule has 2 heterocycles. The summed E-state index contributed by atoms with van der Waals surface area (Å²) in [5.74, 6) is 0.595. The number of halogens is 2. The van der Waals surface area contributed by atoms with Crippen molar-refractivity contribution in [1.29, 1.82) is 0 Å². The Morgan fingerprint density at radius 2 is 2.00 bits per heavy atom. The van der Waals surface area contributed by atoms with Crippen molar-refractivity contribution in [2.45, 2.75) is 0 Å². The van der Waals surface area contributed by atoms with Gasteiger partial charge in [-0.05, 0) is 0 Å². The van der Waals surface area contributed by atoms with E-state index >= 15 is 0 Å². The number of pyridine rings is 1. The van der Waals surface area contributed by atoms with Crippen molar-refractivity contribution in [3.8, 4) is 11.6 Å². The van der Waals surface area contributed by atoms with E-state index in [-0.39, 0.29) is 16.7 Å². The quantitative estimate of drug-likeness (QED) is 0.837. The van der Waals surface area contributed by atoms with E-state index in [2.05, 4.69) is 15.0 Å².